The third-order valence-electron chi connectivity index (χ3n) is 8.09. The molecule has 2 unspecified atom stereocenters. The van der Waals surface area contributed by atoms with E-state index in [0.717, 1.165) is 70.6 Å². The van der Waals surface area contributed by atoms with Gasteiger partial charge in [0.1, 0.15) is 12.1 Å². The Morgan fingerprint density at radius 3 is 1.83 bits per heavy atom. The first kappa shape index (κ1) is 45.1. The van der Waals surface area contributed by atoms with Crippen LogP contribution in [0.1, 0.15) is 162 Å². The van der Waals surface area contributed by atoms with Gasteiger partial charge in [-0.1, -0.05) is 108 Å². The molecule has 0 fully saturated rings. The number of allylic oxidation sites excluding steroid dienone is 5. The third kappa shape index (κ3) is 30.4. The van der Waals surface area contributed by atoms with Gasteiger partial charge in [-0.3, -0.25) is 14.4 Å². The topological polar surface area (TPSA) is 142 Å². The molecule has 4 N–H and O–H groups in total. The molecule has 0 heterocycles. The highest BCUT2D eigenvalue weighted by Gasteiger charge is 2.18. The predicted molar refractivity (Wildman–Crippen MR) is 195 cm³/mol. The molecule has 0 aliphatic heterocycles. The maximum Gasteiger partial charge on any atom is 0.328 e. The van der Waals surface area contributed by atoms with Crippen molar-refractivity contribution in [1.82, 2.24) is 10.6 Å². The second-order valence-electron chi connectivity index (χ2n) is 12.7. The molecule has 0 bridgehead atoms. The molecule has 2 amide bonds. The van der Waals surface area contributed by atoms with E-state index < -0.39 is 24.5 Å². The number of aliphatic carboxylic acids is 1. The highest BCUT2D eigenvalue weighted by Crippen LogP contribution is 2.15. The number of nitrogens with one attached hydrogen (secondary N) is 2. The van der Waals surface area contributed by atoms with E-state index in [4.69, 9.17) is 14.9 Å². The quantitative estimate of drug-likeness (QED) is 0.0311. The van der Waals surface area contributed by atoms with E-state index in [2.05, 4.69) is 54.9 Å². The van der Waals surface area contributed by atoms with Crippen molar-refractivity contribution in [2.24, 2.45) is 0 Å². The smallest absolute Gasteiger partial charge is 0.328 e. The summed E-state index contributed by atoms with van der Waals surface area (Å²) in [5.41, 5.74) is 0. The highest BCUT2D eigenvalue weighted by molar-refractivity contribution is 5.87. The van der Waals surface area contributed by atoms with Crippen molar-refractivity contribution in [3.8, 4) is 0 Å². The number of aliphatic hydroxyl groups excluding tert-OH is 1. The Bertz CT molecular complexity index is 916. The molecule has 0 aromatic rings. The van der Waals surface area contributed by atoms with Crippen LogP contribution in [-0.2, 0) is 23.9 Å². The second kappa shape index (κ2) is 33.9. The molecule has 0 radical (unpaired) electrons. The summed E-state index contributed by atoms with van der Waals surface area (Å²) in [5, 5.41) is 22.5. The number of aliphatic hydroxyl groups is 1. The second-order valence-corrected chi connectivity index (χ2v) is 12.7. The van der Waals surface area contributed by atoms with Gasteiger partial charge in [0.2, 0.25) is 11.8 Å². The Kier molecular flexibility index (Phi) is 31.9. The van der Waals surface area contributed by atoms with E-state index in [9.17, 15) is 19.2 Å². The van der Waals surface area contributed by atoms with Gasteiger partial charge in [-0.05, 0) is 76.7 Å². The van der Waals surface area contributed by atoms with Crippen LogP contribution in [0, 0.1) is 0 Å². The molecule has 0 aliphatic carbocycles. The fourth-order valence-electron chi connectivity index (χ4n) is 5.12. The molecule has 48 heavy (non-hydrogen) atoms. The zero-order valence-electron chi connectivity index (χ0n) is 30.2. The minimum absolute atomic E-state index is 0.129. The minimum atomic E-state index is -1.39. The number of carboxylic acids is 1. The molecule has 0 saturated heterocycles. The Morgan fingerprint density at radius 1 is 0.646 bits per heavy atom. The molecular formula is C39H68N2O7. The molecule has 0 aromatic carbocycles. The van der Waals surface area contributed by atoms with Crippen LogP contribution in [0.4, 0.5) is 0 Å². The van der Waals surface area contributed by atoms with Crippen molar-refractivity contribution in [3.63, 3.8) is 0 Å². The van der Waals surface area contributed by atoms with Crippen molar-refractivity contribution in [2.75, 3.05) is 13.2 Å². The first-order valence-electron chi connectivity index (χ1n) is 18.9. The van der Waals surface area contributed by atoms with Crippen LogP contribution in [-0.4, -0.2) is 59.3 Å². The molecular weight excluding hydrogens is 608 g/mol. The van der Waals surface area contributed by atoms with Crippen LogP contribution in [0.5, 0.6) is 0 Å². The van der Waals surface area contributed by atoms with E-state index in [1.807, 2.05) is 6.08 Å². The number of carbonyl (C=O) groups excluding carboxylic acids is 3. The minimum Gasteiger partial charge on any atom is -0.480 e. The molecule has 0 rings (SSSR count). The largest absolute Gasteiger partial charge is 0.480 e. The Balaban J connectivity index is 4.23. The lowest BCUT2D eigenvalue weighted by molar-refractivity contribution is -0.147. The zero-order chi connectivity index (χ0) is 35.5. The summed E-state index contributed by atoms with van der Waals surface area (Å²) in [5.74, 6) is -2.42. The van der Waals surface area contributed by atoms with Crippen LogP contribution < -0.4 is 10.6 Å². The molecule has 0 aliphatic rings. The van der Waals surface area contributed by atoms with E-state index in [1.165, 1.54) is 57.8 Å². The molecule has 9 heteroatoms. The SMILES string of the molecule is CCCCC/C=C\C/C=C\CCCCCCCC(=O)OC(/C=C\CCCCCC)CCCCCCC(=O)NCC(=O)NC(CO)C(=O)O. The molecule has 0 saturated carbocycles. The van der Waals surface area contributed by atoms with Gasteiger partial charge in [0.25, 0.3) is 0 Å². The molecule has 0 spiro atoms. The van der Waals surface area contributed by atoms with Gasteiger partial charge < -0.3 is 25.6 Å². The van der Waals surface area contributed by atoms with Gasteiger partial charge in [0.05, 0.1) is 13.2 Å². The van der Waals surface area contributed by atoms with Gasteiger partial charge in [0, 0.05) is 12.8 Å². The van der Waals surface area contributed by atoms with Crippen molar-refractivity contribution in [1.29, 1.82) is 0 Å². The average molecular weight is 677 g/mol. The number of carboxylic acid groups (broad SMARTS) is 1. The number of hydrogen-bond acceptors (Lipinski definition) is 6. The fourth-order valence-corrected chi connectivity index (χ4v) is 5.12. The van der Waals surface area contributed by atoms with Crippen LogP contribution >= 0.6 is 0 Å². The van der Waals surface area contributed by atoms with Crippen molar-refractivity contribution in [2.45, 2.75) is 174 Å². The van der Waals surface area contributed by atoms with Crippen molar-refractivity contribution < 1.29 is 34.1 Å². The van der Waals surface area contributed by atoms with Crippen LogP contribution in [0.15, 0.2) is 36.5 Å². The number of esters is 1. The van der Waals surface area contributed by atoms with Gasteiger partial charge in [-0.25, -0.2) is 4.79 Å². The number of unbranched alkanes of at least 4 members (excludes halogenated alkanes) is 15. The predicted octanol–water partition coefficient (Wildman–Crippen LogP) is 8.26. The van der Waals surface area contributed by atoms with Crippen molar-refractivity contribution in [3.05, 3.63) is 36.5 Å². The number of hydrogen-bond donors (Lipinski definition) is 4. The summed E-state index contributed by atoms with van der Waals surface area (Å²) in [6.45, 7) is 3.37. The normalized spacial score (nSPS) is 12.9. The molecule has 2 atom stereocenters. The molecule has 276 valence electrons. The Morgan fingerprint density at radius 2 is 1.19 bits per heavy atom. The first-order valence-corrected chi connectivity index (χ1v) is 18.9. The summed E-state index contributed by atoms with van der Waals surface area (Å²) in [6.07, 6.45) is 36.2. The molecule has 9 nitrogen and oxygen atoms in total. The first-order chi connectivity index (χ1) is 23.3. The molecule has 0 aromatic heterocycles. The van der Waals surface area contributed by atoms with Crippen molar-refractivity contribution >= 4 is 23.8 Å². The Labute approximate surface area is 291 Å². The monoisotopic (exact) mass is 677 g/mol. The summed E-state index contributed by atoms with van der Waals surface area (Å²) >= 11 is 0. The fraction of sp³-hybridized carbons (Fsp3) is 0.744. The highest BCUT2D eigenvalue weighted by atomic mass is 16.5. The van der Waals surface area contributed by atoms with Crippen LogP contribution in [0.25, 0.3) is 0 Å². The number of ether oxygens (including phenoxy) is 1. The Hall–Kier alpha value is -2.94. The summed E-state index contributed by atoms with van der Waals surface area (Å²) in [6, 6.07) is -1.39. The van der Waals surface area contributed by atoms with E-state index in [0.29, 0.717) is 12.8 Å². The van der Waals surface area contributed by atoms with E-state index in [1.54, 1.807) is 0 Å². The van der Waals surface area contributed by atoms with Gasteiger partial charge in [-0.15, -0.1) is 0 Å². The number of amides is 2. The van der Waals surface area contributed by atoms with Crippen LogP contribution in [0.3, 0.4) is 0 Å². The third-order valence-corrected chi connectivity index (χ3v) is 8.09. The maximum atomic E-state index is 12.6. The number of carbonyl (C=O) groups is 4. The summed E-state index contributed by atoms with van der Waals surface area (Å²) in [4.78, 5) is 47.3. The average Bonchev–Trinajstić information content (AvgIpc) is 3.07. The number of rotatable bonds is 33. The standard InChI is InChI=1S/C39H68N2O7/c1-3-5-7-9-11-12-13-14-15-16-17-18-19-21-27-31-38(45)48-34(28-24-20-10-8-6-4-2)29-25-22-23-26-30-36(43)40-32-37(44)41-35(33-42)39(46)47/h11-12,14-15,24,28,34-35,42H,3-10,13,16-23,25-27,29-33H2,1-2H3,(H,40,43)(H,41,44)(H,46,47)/b12-11-,15-14-,28-24-. The van der Waals surface area contributed by atoms with Gasteiger partial charge in [-0.2, -0.15) is 0 Å². The maximum absolute atomic E-state index is 12.6. The van der Waals surface area contributed by atoms with Gasteiger partial charge >= 0.3 is 11.9 Å². The zero-order valence-corrected chi connectivity index (χ0v) is 30.2. The lowest BCUT2D eigenvalue weighted by atomic mass is 10.1. The summed E-state index contributed by atoms with van der Waals surface area (Å²) in [7, 11) is 0. The van der Waals surface area contributed by atoms with E-state index in [-0.39, 0.29) is 30.9 Å². The van der Waals surface area contributed by atoms with Crippen LogP contribution in [0.2, 0.25) is 0 Å². The van der Waals surface area contributed by atoms with Gasteiger partial charge in [0.15, 0.2) is 0 Å². The summed E-state index contributed by atoms with van der Waals surface area (Å²) < 4.78 is 5.85. The lowest BCUT2D eigenvalue weighted by Crippen LogP contribution is -2.47. The lowest BCUT2D eigenvalue weighted by Gasteiger charge is -2.15. The van der Waals surface area contributed by atoms with E-state index >= 15 is 0 Å².